The largest absolute Gasteiger partial charge is 0.505 e. The molecule has 8 nitrogen and oxygen atoms in total. The van der Waals surface area contributed by atoms with Crippen molar-refractivity contribution in [3.05, 3.63) is 71.2 Å². The van der Waals surface area contributed by atoms with Gasteiger partial charge >= 0.3 is 0 Å². The highest BCUT2D eigenvalue weighted by Crippen LogP contribution is 2.40. The van der Waals surface area contributed by atoms with Crippen LogP contribution in [0.15, 0.2) is 54.2 Å². The number of aryl methyl sites for hydroxylation is 1. The zero-order valence-electron chi connectivity index (χ0n) is 18.9. The van der Waals surface area contributed by atoms with Crippen LogP contribution in [0.2, 0.25) is 0 Å². The number of Topliss-reactive ketones (excluding diaryl/α,β-unsaturated/α-hetero) is 1. The molecule has 1 aliphatic heterocycles. The van der Waals surface area contributed by atoms with E-state index in [0.29, 0.717) is 54.5 Å². The van der Waals surface area contributed by atoms with E-state index in [9.17, 15) is 14.7 Å². The molecule has 2 aromatic heterocycles. The second kappa shape index (κ2) is 9.46. The predicted molar refractivity (Wildman–Crippen MR) is 123 cm³/mol. The molecule has 1 amide bonds. The van der Waals surface area contributed by atoms with Crippen molar-refractivity contribution in [3.8, 4) is 5.75 Å². The van der Waals surface area contributed by atoms with Crippen LogP contribution >= 0.6 is 0 Å². The number of pyridine rings is 1. The number of carbonyl (C=O) groups excluding carboxylic acids is 2. The lowest BCUT2D eigenvalue weighted by Gasteiger charge is -2.25. The molecule has 8 heteroatoms. The Morgan fingerprint density at radius 2 is 2.00 bits per heavy atom. The van der Waals surface area contributed by atoms with Crippen LogP contribution in [0.4, 0.5) is 0 Å². The van der Waals surface area contributed by atoms with Crippen molar-refractivity contribution < 1.29 is 24.2 Å². The number of nitrogens with zero attached hydrogens (tertiary/aromatic N) is 3. The molecule has 1 atom stereocenters. The number of hydrogen-bond donors (Lipinski definition) is 1. The first-order valence-electron chi connectivity index (χ1n) is 10.9. The average molecular weight is 450 g/mol. The van der Waals surface area contributed by atoms with E-state index in [0.717, 1.165) is 0 Å². The van der Waals surface area contributed by atoms with Crippen LogP contribution in [0.3, 0.4) is 0 Å². The van der Waals surface area contributed by atoms with Crippen molar-refractivity contribution in [2.75, 3.05) is 26.9 Å². The van der Waals surface area contributed by atoms with E-state index >= 15 is 0 Å². The number of aromatic nitrogens is 2. The summed E-state index contributed by atoms with van der Waals surface area (Å²) in [7, 11) is 1.59. The predicted octanol–water partition coefficient (Wildman–Crippen LogP) is 3.50. The number of likely N-dealkylation sites (tertiary alicyclic amines) is 1. The molecule has 1 N–H and O–H groups in total. The summed E-state index contributed by atoms with van der Waals surface area (Å²) in [6, 6.07) is 12.0. The molecule has 33 heavy (non-hydrogen) atoms. The Bertz CT molecular complexity index is 1230. The summed E-state index contributed by atoms with van der Waals surface area (Å²) in [6.07, 6.45) is 2.32. The van der Waals surface area contributed by atoms with Gasteiger partial charge in [0.25, 0.3) is 11.7 Å². The van der Waals surface area contributed by atoms with Crippen molar-refractivity contribution in [2.45, 2.75) is 26.3 Å². The zero-order chi connectivity index (χ0) is 23.5. The van der Waals surface area contributed by atoms with Gasteiger partial charge in [0.05, 0.1) is 23.9 Å². The van der Waals surface area contributed by atoms with Gasteiger partial charge in [-0.2, -0.15) is 0 Å². The molecule has 3 heterocycles. The van der Waals surface area contributed by atoms with Crippen molar-refractivity contribution in [1.82, 2.24) is 14.3 Å². The molecule has 0 saturated carbocycles. The lowest BCUT2D eigenvalue weighted by Crippen LogP contribution is -2.31. The van der Waals surface area contributed by atoms with E-state index in [1.54, 1.807) is 30.7 Å². The summed E-state index contributed by atoms with van der Waals surface area (Å²) >= 11 is 0. The Morgan fingerprint density at radius 3 is 2.76 bits per heavy atom. The molecular weight excluding hydrogens is 422 g/mol. The van der Waals surface area contributed by atoms with Crippen LogP contribution in [-0.2, 0) is 14.3 Å². The summed E-state index contributed by atoms with van der Waals surface area (Å²) in [5.41, 5.74) is 2.32. The molecule has 0 aliphatic carbocycles. The lowest BCUT2D eigenvalue weighted by molar-refractivity contribution is -0.140. The van der Waals surface area contributed by atoms with E-state index in [-0.39, 0.29) is 11.3 Å². The third kappa shape index (κ3) is 4.09. The smallest absolute Gasteiger partial charge is 0.295 e. The van der Waals surface area contributed by atoms with Crippen LogP contribution in [0.25, 0.3) is 11.4 Å². The lowest BCUT2D eigenvalue weighted by atomic mass is 9.96. The summed E-state index contributed by atoms with van der Waals surface area (Å²) in [5.74, 6) is -0.984. The van der Waals surface area contributed by atoms with Crippen molar-refractivity contribution >= 4 is 23.1 Å². The maximum atomic E-state index is 13.2. The third-order valence-electron chi connectivity index (χ3n) is 5.70. The first-order valence-corrected chi connectivity index (χ1v) is 10.9. The quantitative estimate of drug-likeness (QED) is 0.245. The minimum Gasteiger partial charge on any atom is -0.505 e. The molecule has 0 bridgehead atoms. The fourth-order valence-corrected chi connectivity index (χ4v) is 4.30. The highest BCUT2D eigenvalue weighted by Gasteiger charge is 2.46. The number of ketones is 1. The van der Waals surface area contributed by atoms with Gasteiger partial charge in [0.1, 0.15) is 17.1 Å². The number of carbonyl (C=O) groups is 2. The molecular formula is C25H27N3O5. The number of benzene rings is 1. The van der Waals surface area contributed by atoms with Gasteiger partial charge in [-0.25, -0.2) is 4.98 Å². The molecule has 1 aliphatic rings. The number of fused-ring (bicyclic) bond motifs is 1. The summed E-state index contributed by atoms with van der Waals surface area (Å²) in [4.78, 5) is 32.3. The van der Waals surface area contributed by atoms with Gasteiger partial charge in [0, 0.05) is 26.5 Å². The molecule has 1 unspecified atom stereocenters. The maximum absolute atomic E-state index is 13.2. The Balaban J connectivity index is 1.90. The minimum atomic E-state index is -0.754. The van der Waals surface area contributed by atoms with Crippen LogP contribution in [-0.4, -0.2) is 57.9 Å². The first kappa shape index (κ1) is 22.5. The molecule has 3 aromatic rings. The topological polar surface area (TPSA) is 93.4 Å². The van der Waals surface area contributed by atoms with E-state index in [4.69, 9.17) is 9.47 Å². The third-order valence-corrected chi connectivity index (χ3v) is 5.70. The van der Waals surface area contributed by atoms with Gasteiger partial charge in [0.15, 0.2) is 5.76 Å². The second-order valence-electron chi connectivity index (χ2n) is 7.82. The molecule has 4 rings (SSSR count). The highest BCUT2D eigenvalue weighted by molar-refractivity contribution is 6.46. The molecule has 1 saturated heterocycles. The van der Waals surface area contributed by atoms with Gasteiger partial charge in [-0.15, -0.1) is 0 Å². The molecule has 1 aromatic carbocycles. The number of aliphatic hydroxyl groups excluding tert-OH is 1. The fourth-order valence-electron chi connectivity index (χ4n) is 4.30. The van der Waals surface area contributed by atoms with Gasteiger partial charge in [-0.3, -0.25) is 14.0 Å². The fraction of sp³-hybridized carbons (Fsp3) is 0.320. The normalized spacial score (nSPS) is 17.8. The molecule has 0 spiro atoms. The van der Waals surface area contributed by atoms with Gasteiger partial charge in [-0.1, -0.05) is 18.2 Å². The Kier molecular flexibility index (Phi) is 6.46. The molecule has 172 valence electrons. The number of methoxy groups -OCH3 is 1. The van der Waals surface area contributed by atoms with Crippen molar-refractivity contribution in [3.63, 3.8) is 0 Å². The van der Waals surface area contributed by atoms with Gasteiger partial charge in [0.2, 0.25) is 0 Å². The van der Waals surface area contributed by atoms with Crippen LogP contribution in [0.5, 0.6) is 5.75 Å². The number of ether oxygens (including phenoxy) is 2. The minimum absolute atomic E-state index is 0.0415. The van der Waals surface area contributed by atoms with Crippen LogP contribution in [0.1, 0.15) is 36.3 Å². The highest BCUT2D eigenvalue weighted by atomic mass is 16.5. The van der Waals surface area contributed by atoms with E-state index in [1.807, 2.05) is 43.3 Å². The average Bonchev–Trinajstić information content (AvgIpc) is 3.27. The second-order valence-corrected chi connectivity index (χ2v) is 7.82. The van der Waals surface area contributed by atoms with Gasteiger partial charge < -0.3 is 19.5 Å². The summed E-state index contributed by atoms with van der Waals surface area (Å²) < 4.78 is 12.5. The zero-order valence-corrected chi connectivity index (χ0v) is 18.9. The Morgan fingerprint density at radius 1 is 1.18 bits per heavy atom. The van der Waals surface area contributed by atoms with E-state index < -0.39 is 17.7 Å². The van der Waals surface area contributed by atoms with E-state index in [2.05, 4.69) is 4.98 Å². The van der Waals surface area contributed by atoms with Crippen molar-refractivity contribution in [1.29, 1.82) is 0 Å². The maximum Gasteiger partial charge on any atom is 0.295 e. The number of amides is 1. The first-order chi connectivity index (χ1) is 16.0. The van der Waals surface area contributed by atoms with Crippen LogP contribution in [0, 0.1) is 6.92 Å². The number of hydrogen-bond acceptors (Lipinski definition) is 6. The SMILES string of the molecule is CCOc1cccc(C2C(=C(O)c3c(C)nc4ccccn34)C(=O)C(=O)N2CCCOC)c1. The summed E-state index contributed by atoms with van der Waals surface area (Å²) in [6.45, 7) is 4.89. The Hall–Kier alpha value is -3.65. The van der Waals surface area contributed by atoms with E-state index in [1.165, 1.54) is 4.90 Å². The summed E-state index contributed by atoms with van der Waals surface area (Å²) in [5, 5.41) is 11.4. The van der Waals surface area contributed by atoms with Crippen molar-refractivity contribution in [2.24, 2.45) is 0 Å². The standard InChI is InChI=1S/C25H27N3O5/c1-4-33-18-10-7-9-17(15-18)22-20(24(30)25(31)28(22)13-8-14-32-3)23(29)21-16(2)26-19-11-5-6-12-27(19)21/h5-7,9-12,15,22,29H,4,8,13-14H2,1-3H3. The number of rotatable bonds is 8. The molecule has 1 fully saturated rings. The number of imidazole rings is 1. The number of aliphatic hydroxyl groups is 1. The van der Waals surface area contributed by atoms with Gasteiger partial charge in [-0.05, 0) is 50.1 Å². The van der Waals surface area contributed by atoms with Crippen LogP contribution < -0.4 is 4.74 Å². The Labute approximate surface area is 192 Å². The monoisotopic (exact) mass is 449 g/mol. The molecule has 0 radical (unpaired) electrons.